The molecule has 5 heteroatoms. The van der Waals surface area contributed by atoms with Crippen molar-refractivity contribution in [3.8, 4) is 0 Å². The van der Waals surface area contributed by atoms with Crippen LogP contribution in [-0.2, 0) is 6.54 Å². The van der Waals surface area contributed by atoms with Crippen LogP contribution in [0.25, 0.3) is 21.8 Å². The fourth-order valence-electron chi connectivity index (χ4n) is 3.72. The van der Waals surface area contributed by atoms with Gasteiger partial charge in [0, 0.05) is 33.5 Å². The van der Waals surface area contributed by atoms with Crippen LogP contribution in [0.2, 0.25) is 0 Å². The summed E-state index contributed by atoms with van der Waals surface area (Å²) in [5.41, 5.74) is 9.22. The maximum atomic E-state index is 14.3. The first-order valence-electron chi connectivity index (χ1n) is 9.15. The minimum atomic E-state index is -0.610. The molecule has 4 rings (SSSR count). The highest BCUT2D eigenvalue weighted by atomic mass is 19.1. The maximum absolute atomic E-state index is 14.3. The van der Waals surface area contributed by atoms with Crippen molar-refractivity contribution in [2.24, 2.45) is 5.73 Å². The minimum Gasteiger partial charge on any atom is -0.366 e. The molecule has 0 spiro atoms. The van der Waals surface area contributed by atoms with Crippen LogP contribution in [0, 0.1) is 11.6 Å². The van der Waals surface area contributed by atoms with Crippen LogP contribution < -0.4 is 5.73 Å². The fraction of sp³-hybridized carbons (Fsp3) is 0.174. The number of hydrogen-bond acceptors (Lipinski definition) is 1. The Kier molecular flexibility index (Phi) is 4.38. The molecule has 28 heavy (non-hydrogen) atoms. The van der Waals surface area contributed by atoms with Crippen molar-refractivity contribution in [2.75, 3.05) is 0 Å². The van der Waals surface area contributed by atoms with Crippen LogP contribution in [0.1, 0.15) is 41.3 Å². The predicted molar refractivity (Wildman–Crippen MR) is 108 cm³/mol. The molecule has 142 valence electrons. The number of nitrogens with two attached hydrogens (primary N) is 1. The Bertz CT molecular complexity index is 1220. The van der Waals surface area contributed by atoms with Gasteiger partial charge in [-0.05, 0) is 35.7 Å². The number of fused-ring (bicyclic) bond motifs is 3. The van der Waals surface area contributed by atoms with E-state index in [1.165, 1.54) is 12.1 Å². The molecule has 0 aliphatic carbocycles. The highest BCUT2D eigenvalue weighted by Gasteiger charge is 2.18. The molecule has 0 aliphatic heterocycles. The molecule has 1 heterocycles. The predicted octanol–water partition coefficient (Wildman–Crippen LogP) is 5.34. The highest BCUT2D eigenvalue weighted by Crippen LogP contribution is 2.34. The van der Waals surface area contributed by atoms with Gasteiger partial charge in [-0.1, -0.05) is 38.1 Å². The first-order valence-corrected chi connectivity index (χ1v) is 9.15. The SMILES string of the molecule is CC(C)c1ccc2c3c(C(N)=O)cccc3n(Cc3ccc(F)cc3F)c2c1. The van der Waals surface area contributed by atoms with Gasteiger partial charge >= 0.3 is 0 Å². The topological polar surface area (TPSA) is 48.0 Å². The number of carbonyl (C=O) groups excluding carboxylic acids is 1. The van der Waals surface area contributed by atoms with Crippen molar-refractivity contribution in [3.63, 3.8) is 0 Å². The second-order valence-corrected chi connectivity index (χ2v) is 7.32. The summed E-state index contributed by atoms with van der Waals surface area (Å²) in [5, 5.41) is 1.64. The van der Waals surface area contributed by atoms with Crippen molar-refractivity contribution >= 4 is 27.7 Å². The lowest BCUT2D eigenvalue weighted by Crippen LogP contribution is -2.11. The molecule has 1 aromatic heterocycles. The molecular formula is C23H20F2N2O. The summed E-state index contributed by atoms with van der Waals surface area (Å²) in [6, 6.07) is 15.0. The third kappa shape index (κ3) is 2.93. The van der Waals surface area contributed by atoms with Crippen LogP contribution in [0.4, 0.5) is 8.78 Å². The number of hydrogen-bond donors (Lipinski definition) is 1. The summed E-state index contributed by atoms with van der Waals surface area (Å²) in [6.45, 7) is 4.42. The zero-order valence-electron chi connectivity index (χ0n) is 15.7. The fourth-order valence-corrected chi connectivity index (χ4v) is 3.72. The number of halogens is 2. The number of primary amides is 1. The lowest BCUT2D eigenvalue weighted by molar-refractivity contribution is 0.100. The second kappa shape index (κ2) is 6.75. The van der Waals surface area contributed by atoms with E-state index in [1.54, 1.807) is 12.1 Å². The van der Waals surface area contributed by atoms with Crippen molar-refractivity contribution in [1.82, 2.24) is 4.57 Å². The van der Waals surface area contributed by atoms with E-state index in [0.29, 0.717) is 17.0 Å². The monoisotopic (exact) mass is 378 g/mol. The van der Waals surface area contributed by atoms with E-state index in [0.717, 1.165) is 33.4 Å². The summed E-state index contributed by atoms with van der Waals surface area (Å²) in [4.78, 5) is 12.0. The smallest absolute Gasteiger partial charge is 0.249 e. The Morgan fingerprint density at radius 3 is 2.50 bits per heavy atom. The highest BCUT2D eigenvalue weighted by molar-refractivity contribution is 6.18. The van der Waals surface area contributed by atoms with Gasteiger partial charge in [0.1, 0.15) is 11.6 Å². The van der Waals surface area contributed by atoms with Crippen molar-refractivity contribution < 1.29 is 13.6 Å². The van der Waals surface area contributed by atoms with Crippen LogP contribution in [0.5, 0.6) is 0 Å². The normalized spacial score (nSPS) is 11.6. The maximum Gasteiger partial charge on any atom is 0.249 e. The van der Waals surface area contributed by atoms with Gasteiger partial charge in [0.05, 0.1) is 12.1 Å². The number of aromatic nitrogens is 1. The van der Waals surface area contributed by atoms with E-state index in [2.05, 4.69) is 19.9 Å². The Labute approximate surface area is 161 Å². The molecule has 0 bridgehead atoms. The van der Waals surface area contributed by atoms with Gasteiger partial charge in [-0.25, -0.2) is 8.78 Å². The Hall–Kier alpha value is -3.21. The summed E-state index contributed by atoms with van der Waals surface area (Å²) in [5.74, 6) is -1.40. The molecule has 0 fully saturated rings. The number of amides is 1. The molecule has 2 N–H and O–H groups in total. The van der Waals surface area contributed by atoms with Crippen molar-refractivity contribution in [2.45, 2.75) is 26.3 Å². The number of nitrogens with zero attached hydrogens (tertiary/aromatic N) is 1. The van der Waals surface area contributed by atoms with Gasteiger partial charge in [-0.3, -0.25) is 4.79 Å². The Balaban J connectivity index is 2.05. The Morgan fingerprint density at radius 2 is 1.82 bits per heavy atom. The number of carbonyl (C=O) groups is 1. The zero-order chi connectivity index (χ0) is 20.0. The minimum absolute atomic E-state index is 0.218. The zero-order valence-corrected chi connectivity index (χ0v) is 15.7. The van der Waals surface area contributed by atoms with E-state index in [1.807, 2.05) is 22.8 Å². The van der Waals surface area contributed by atoms with Gasteiger partial charge in [0.15, 0.2) is 0 Å². The lowest BCUT2D eigenvalue weighted by atomic mass is 10.00. The van der Waals surface area contributed by atoms with Gasteiger partial charge in [-0.2, -0.15) is 0 Å². The van der Waals surface area contributed by atoms with Gasteiger partial charge in [0.25, 0.3) is 0 Å². The van der Waals surface area contributed by atoms with Crippen molar-refractivity contribution in [3.05, 3.63) is 82.9 Å². The molecule has 0 radical (unpaired) electrons. The van der Waals surface area contributed by atoms with Crippen LogP contribution in [0.15, 0.2) is 54.6 Å². The van der Waals surface area contributed by atoms with Crippen LogP contribution in [-0.4, -0.2) is 10.5 Å². The van der Waals surface area contributed by atoms with Crippen LogP contribution >= 0.6 is 0 Å². The first kappa shape index (κ1) is 18.2. The molecule has 3 nitrogen and oxygen atoms in total. The summed E-state index contributed by atoms with van der Waals surface area (Å²) >= 11 is 0. The average molecular weight is 378 g/mol. The van der Waals surface area contributed by atoms with E-state index < -0.39 is 17.5 Å². The van der Waals surface area contributed by atoms with E-state index in [9.17, 15) is 13.6 Å². The standard InChI is InChI=1S/C23H20F2N2O/c1-13(2)14-7-9-17-21(10-14)27(12-15-6-8-16(24)11-19(15)25)20-5-3-4-18(22(17)20)23(26)28/h3-11,13H,12H2,1-2H3,(H2,26,28). The number of benzene rings is 3. The summed E-state index contributed by atoms with van der Waals surface area (Å²) in [7, 11) is 0. The van der Waals surface area contributed by atoms with Gasteiger partial charge < -0.3 is 10.3 Å². The molecule has 3 aromatic carbocycles. The molecule has 0 saturated heterocycles. The molecule has 0 saturated carbocycles. The molecule has 4 aromatic rings. The van der Waals surface area contributed by atoms with Gasteiger partial charge in [-0.15, -0.1) is 0 Å². The molecular weight excluding hydrogens is 358 g/mol. The third-order valence-corrected chi connectivity index (χ3v) is 5.19. The summed E-state index contributed by atoms with van der Waals surface area (Å²) < 4.78 is 29.6. The van der Waals surface area contributed by atoms with Gasteiger partial charge in [0.2, 0.25) is 5.91 Å². The van der Waals surface area contributed by atoms with Crippen LogP contribution in [0.3, 0.4) is 0 Å². The van der Waals surface area contributed by atoms with E-state index in [-0.39, 0.29) is 6.54 Å². The molecule has 0 atom stereocenters. The van der Waals surface area contributed by atoms with E-state index >= 15 is 0 Å². The quantitative estimate of drug-likeness (QED) is 0.512. The number of rotatable bonds is 4. The largest absolute Gasteiger partial charge is 0.366 e. The third-order valence-electron chi connectivity index (χ3n) is 5.19. The molecule has 0 aliphatic rings. The lowest BCUT2D eigenvalue weighted by Gasteiger charge is -2.11. The van der Waals surface area contributed by atoms with E-state index in [4.69, 9.17) is 5.73 Å². The average Bonchev–Trinajstić information content (AvgIpc) is 2.97. The molecule has 0 unspecified atom stereocenters. The first-order chi connectivity index (χ1) is 13.4. The Morgan fingerprint density at radius 1 is 1.04 bits per heavy atom. The van der Waals surface area contributed by atoms with Crippen molar-refractivity contribution in [1.29, 1.82) is 0 Å². The second-order valence-electron chi connectivity index (χ2n) is 7.32. The summed E-state index contributed by atoms with van der Waals surface area (Å²) in [6.07, 6.45) is 0. The molecule has 1 amide bonds.